The first-order valence-corrected chi connectivity index (χ1v) is 7.11. The summed E-state index contributed by atoms with van der Waals surface area (Å²) in [5.41, 5.74) is 6.60. The maximum atomic E-state index is 11.5. The van der Waals surface area contributed by atoms with E-state index in [0.717, 1.165) is 12.2 Å². The molecule has 1 aromatic heterocycles. The number of rotatable bonds is 6. The minimum Gasteiger partial charge on any atom is -0.465 e. The van der Waals surface area contributed by atoms with Gasteiger partial charge >= 0.3 is 5.97 Å². The zero-order valence-corrected chi connectivity index (χ0v) is 11.7. The van der Waals surface area contributed by atoms with Crippen molar-refractivity contribution in [3.63, 3.8) is 0 Å². The number of methoxy groups -OCH3 is 1. The first-order chi connectivity index (χ1) is 8.63. The predicted octanol–water partition coefficient (Wildman–Crippen LogP) is 2.00. The van der Waals surface area contributed by atoms with E-state index in [4.69, 9.17) is 5.73 Å². The number of ether oxygens (including phenoxy) is 1. The lowest BCUT2D eigenvalue weighted by atomic mass is 10.2. The Morgan fingerprint density at radius 1 is 1.67 bits per heavy atom. The van der Waals surface area contributed by atoms with Gasteiger partial charge in [-0.15, -0.1) is 0 Å². The summed E-state index contributed by atoms with van der Waals surface area (Å²) in [5, 5.41) is 3.25. The third kappa shape index (κ3) is 3.53. The fraction of sp³-hybridized carbons (Fsp3) is 0.500. The van der Waals surface area contributed by atoms with Gasteiger partial charge in [-0.1, -0.05) is 6.92 Å². The molecule has 0 aliphatic heterocycles. The van der Waals surface area contributed by atoms with Crippen LogP contribution in [0.2, 0.25) is 0 Å². The number of nitrogens with zero attached hydrogens (tertiary/aromatic N) is 1. The van der Waals surface area contributed by atoms with Gasteiger partial charge in [-0.3, -0.25) is 0 Å². The number of pyridine rings is 1. The third-order valence-corrected chi connectivity index (χ3v) is 3.33. The van der Waals surface area contributed by atoms with Gasteiger partial charge in [0.15, 0.2) is 0 Å². The van der Waals surface area contributed by atoms with Gasteiger partial charge in [0.2, 0.25) is 0 Å². The topological polar surface area (TPSA) is 77.2 Å². The molecule has 0 aliphatic rings. The van der Waals surface area contributed by atoms with Crippen LogP contribution in [0.4, 0.5) is 11.5 Å². The van der Waals surface area contributed by atoms with Gasteiger partial charge in [-0.05, 0) is 18.7 Å². The molecule has 0 radical (unpaired) electrons. The van der Waals surface area contributed by atoms with Gasteiger partial charge in [0, 0.05) is 18.0 Å². The van der Waals surface area contributed by atoms with Crippen LogP contribution in [0.3, 0.4) is 0 Å². The Balaban J connectivity index is 2.92. The average Bonchev–Trinajstić information content (AvgIpc) is 2.39. The van der Waals surface area contributed by atoms with E-state index in [0.29, 0.717) is 17.1 Å². The molecule has 0 fully saturated rings. The fourth-order valence-corrected chi connectivity index (χ4v) is 2.25. The van der Waals surface area contributed by atoms with Crippen molar-refractivity contribution in [3.8, 4) is 0 Å². The summed E-state index contributed by atoms with van der Waals surface area (Å²) in [5.74, 6) is 1.05. The van der Waals surface area contributed by atoms with Crippen LogP contribution in [0, 0.1) is 0 Å². The molecule has 18 heavy (non-hydrogen) atoms. The highest BCUT2D eigenvalue weighted by Gasteiger charge is 2.15. The smallest absolute Gasteiger partial charge is 0.340 e. The first-order valence-electron chi connectivity index (χ1n) is 5.72. The zero-order valence-electron chi connectivity index (χ0n) is 10.9. The summed E-state index contributed by atoms with van der Waals surface area (Å²) in [6, 6.07) is 1.84. The van der Waals surface area contributed by atoms with Crippen molar-refractivity contribution in [1.82, 2.24) is 4.98 Å². The number of hydrogen-bond acceptors (Lipinski definition) is 6. The lowest BCUT2D eigenvalue weighted by molar-refractivity contribution is 0.0602. The summed E-state index contributed by atoms with van der Waals surface area (Å²) >= 11 is 1.75. The van der Waals surface area contributed by atoms with Crippen LogP contribution in [-0.2, 0) is 4.74 Å². The molecule has 1 atom stereocenters. The SMILES string of the molecule is CCC(CSC)Nc1nccc(C(=O)OC)c1N. The maximum Gasteiger partial charge on any atom is 0.340 e. The second kappa shape index (κ2) is 7.10. The van der Waals surface area contributed by atoms with Crippen molar-refractivity contribution in [1.29, 1.82) is 0 Å². The number of nitrogen functional groups attached to an aromatic ring is 1. The second-order valence-corrected chi connectivity index (χ2v) is 4.73. The fourth-order valence-electron chi connectivity index (χ4n) is 1.53. The number of nitrogens with one attached hydrogen (secondary N) is 1. The van der Waals surface area contributed by atoms with E-state index in [9.17, 15) is 4.79 Å². The van der Waals surface area contributed by atoms with E-state index >= 15 is 0 Å². The Morgan fingerprint density at radius 2 is 2.39 bits per heavy atom. The normalized spacial score (nSPS) is 11.9. The number of aromatic nitrogens is 1. The van der Waals surface area contributed by atoms with Crippen LogP contribution in [0.5, 0.6) is 0 Å². The van der Waals surface area contributed by atoms with E-state index < -0.39 is 5.97 Å². The molecule has 0 aliphatic carbocycles. The molecule has 1 aromatic rings. The molecule has 3 N–H and O–H groups in total. The molecule has 0 amide bonds. The molecule has 0 spiro atoms. The molecule has 0 aromatic carbocycles. The quantitative estimate of drug-likeness (QED) is 0.769. The lowest BCUT2D eigenvalue weighted by Gasteiger charge is -2.18. The number of esters is 1. The minimum atomic E-state index is -0.448. The van der Waals surface area contributed by atoms with Crippen molar-refractivity contribution >= 4 is 29.2 Å². The predicted molar refractivity (Wildman–Crippen MR) is 76.1 cm³/mol. The van der Waals surface area contributed by atoms with Gasteiger partial charge < -0.3 is 15.8 Å². The first kappa shape index (κ1) is 14.6. The number of carbonyl (C=O) groups is 1. The Bertz CT molecular complexity index is 412. The monoisotopic (exact) mass is 269 g/mol. The van der Waals surface area contributed by atoms with Crippen LogP contribution in [-0.4, -0.2) is 36.1 Å². The van der Waals surface area contributed by atoms with Gasteiger partial charge in [0.25, 0.3) is 0 Å². The maximum absolute atomic E-state index is 11.5. The molecule has 0 bridgehead atoms. The number of nitrogens with two attached hydrogens (primary N) is 1. The molecule has 1 rings (SSSR count). The van der Waals surface area contributed by atoms with Crippen molar-refractivity contribution in [2.75, 3.05) is 30.2 Å². The van der Waals surface area contributed by atoms with Gasteiger partial charge in [0.1, 0.15) is 5.82 Å². The number of carbonyl (C=O) groups excluding carboxylic acids is 1. The third-order valence-electron chi connectivity index (χ3n) is 2.60. The standard InChI is InChI=1S/C12H19N3O2S/c1-4-8(7-18-3)15-11-10(13)9(5-6-14-11)12(16)17-2/h5-6,8H,4,7,13H2,1-3H3,(H,14,15). The van der Waals surface area contributed by atoms with E-state index in [2.05, 4.69) is 22.0 Å². The molecule has 100 valence electrons. The van der Waals surface area contributed by atoms with E-state index in [1.165, 1.54) is 7.11 Å². The van der Waals surface area contributed by atoms with E-state index in [-0.39, 0.29) is 6.04 Å². The molecular weight excluding hydrogens is 250 g/mol. The molecule has 1 unspecified atom stereocenters. The second-order valence-electron chi connectivity index (χ2n) is 3.82. The van der Waals surface area contributed by atoms with Crippen molar-refractivity contribution in [3.05, 3.63) is 17.8 Å². The van der Waals surface area contributed by atoms with Gasteiger partial charge in [-0.25, -0.2) is 9.78 Å². The van der Waals surface area contributed by atoms with Crippen LogP contribution >= 0.6 is 11.8 Å². The lowest BCUT2D eigenvalue weighted by Crippen LogP contribution is -2.23. The van der Waals surface area contributed by atoms with Crippen molar-refractivity contribution in [2.24, 2.45) is 0 Å². The number of hydrogen-bond donors (Lipinski definition) is 2. The number of anilines is 2. The molecule has 5 nitrogen and oxygen atoms in total. The highest BCUT2D eigenvalue weighted by atomic mass is 32.2. The number of thioether (sulfide) groups is 1. The summed E-state index contributed by atoms with van der Waals surface area (Å²) in [4.78, 5) is 15.7. The molecule has 6 heteroatoms. The Kier molecular flexibility index (Phi) is 5.77. The van der Waals surface area contributed by atoms with Gasteiger partial charge in [0.05, 0.1) is 18.4 Å². The summed E-state index contributed by atoms with van der Waals surface area (Å²) in [6.45, 7) is 2.09. The molecule has 0 saturated heterocycles. The Morgan fingerprint density at radius 3 is 2.94 bits per heavy atom. The summed E-state index contributed by atoms with van der Waals surface area (Å²) in [7, 11) is 1.33. The van der Waals surface area contributed by atoms with E-state index in [1.54, 1.807) is 24.0 Å². The largest absolute Gasteiger partial charge is 0.465 e. The van der Waals surface area contributed by atoms with Crippen LogP contribution < -0.4 is 11.1 Å². The molecule has 1 heterocycles. The molecule has 0 saturated carbocycles. The van der Waals surface area contributed by atoms with Crippen molar-refractivity contribution in [2.45, 2.75) is 19.4 Å². The average molecular weight is 269 g/mol. The van der Waals surface area contributed by atoms with E-state index in [1.807, 2.05) is 6.26 Å². The molecular formula is C12H19N3O2S. The highest BCUT2D eigenvalue weighted by Crippen LogP contribution is 2.22. The Labute approximate surface area is 111 Å². The van der Waals surface area contributed by atoms with Crippen molar-refractivity contribution < 1.29 is 9.53 Å². The highest BCUT2D eigenvalue weighted by molar-refractivity contribution is 7.98. The van der Waals surface area contributed by atoms with Gasteiger partial charge in [-0.2, -0.15) is 11.8 Å². The van der Waals surface area contributed by atoms with Crippen LogP contribution in [0.15, 0.2) is 12.3 Å². The van der Waals surface area contributed by atoms with Crippen LogP contribution in [0.1, 0.15) is 23.7 Å². The summed E-state index contributed by atoms with van der Waals surface area (Å²) in [6.07, 6.45) is 4.56. The van der Waals surface area contributed by atoms with Crippen LogP contribution in [0.25, 0.3) is 0 Å². The summed E-state index contributed by atoms with van der Waals surface area (Å²) < 4.78 is 4.67. The zero-order chi connectivity index (χ0) is 13.5. The Hall–Kier alpha value is -1.43. The minimum absolute atomic E-state index is 0.280.